The van der Waals surface area contributed by atoms with E-state index in [2.05, 4.69) is 54.5 Å². The first kappa shape index (κ1) is 22.9. The van der Waals surface area contributed by atoms with Crippen molar-refractivity contribution in [1.29, 1.82) is 0 Å². The monoisotopic (exact) mass is 394 g/mol. The lowest BCUT2D eigenvalue weighted by Gasteiger charge is -2.14. The number of aliphatic hydroxyl groups is 1. The summed E-state index contributed by atoms with van der Waals surface area (Å²) in [6.07, 6.45) is 6.50. The molecule has 156 valence electrons. The molecule has 0 bridgehead atoms. The van der Waals surface area contributed by atoms with Crippen molar-refractivity contribution in [2.24, 2.45) is 0 Å². The summed E-state index contributed by atoms with van der Waals surface area (Å²) in [5.41, 5.74) is 4.31. The normalized spacial score (nSPS) is 11.8. The Hall–Kier alpha value is -2.43. The van der Waals surface area contributed by atoms with Crippen LogP contribution in [0.25, 0.3) is 0 Å². The summed E-state index contributed by atoms with van der Waals surface area (Å²) in [5.74, 6) is -0.146. The van der Waals surface area contributed by atoms with Crippen molar-refractivity contribution in [3.63, 3.8) is 0 Å². The molecular weight excluding hydrogens is 360 g/mol. The molecule has 0 aliphatic heterocycles. The largest absolute Gasteiger partial charge is 0.390 e. The van der Waals surface area contributed by atoms with Gasteiger partial charge in [-0.05, 0) is 60.9 Å². The van der Waals surface area contributed by atoms with Crippen molar-refractivity contribution in [3.05, 3.63) is 83.4 Å². The number of unbranched alkanes of at least 4 members (excludes halogenated alkanes) is 2. The van der Waals surface area contributed by atoms with Gasteiger partial charge in [-0.15, -0.1) is 6.58 Å². The summed E-state index contributed by atoms with van der Waals surface area (Å²) in [4.78, 5) is 12.4. The number of carbonyl (C=O) groups is 1. The van der Waals surface area contributed by atoms with Gasteiger partial charge >= 0.3 is 0 Å². The number of benzene rings is 2. The number of nitrogens with one attached hydrogen (secondary N) is 2. The standard InChI is InChI=1S/C25H34N2O2/c1-3-5-6-7-10-21-12-9-14-23(16-21)25(29)27-19-24(28)18-26-17-22-13-8-11-20(4-2)15-22/h3,8-9,11-16,24,26,28H,1,4-7,10,17-19H2,2H3,(H,27,29)/t24-/m1/s1. The van der Waals surface area contributed by atoms with Crippen LogP contribution in [0.3, 0.4) is 0 Å². The van der Waals surface area contributed by atoms with Crippen molar-refractivity contribution < 1.29 is 9.90 Å². The van der Waals surface area contributed by atoms with E-state index in [1.165, 1.54) is 16.7 Å². The Morgan fingerprint density at radius 3 is 2.62 bits per heavy atom. The van der Waals surface area contributed by atoms with Crippen LogP contribution in [0.15, 0.2) is 61.2 Å². The number of hydrogen-bond donors (Lipinski definition) is 3. The number of hydrogen-bond acceptors (Lipinski definition) is 3. The van der Waals surface area contributed by atoms with Gasteiger partial charge in [-0.2, -0.15) is 0 Å². The fourth-order valence-corrected chi connectivity index (χ4v) is 3.21. The highest BCUT2D eigenvalue weighted by Gasteiger charge is 2.09. The highest BCUT2D eigenvalue weighted by Crippen LogP contribution is 2.10. The highest BCUT2D eigenvalue weighted by atomic mass is 16.3. The number of aryl methyl sites for hydroxylation is 2. The second kappa shape index (κ2) is 12.9. The Morgan fingerprint density at radius 1 is 1.07 bits per heavy atom. The third-order valence-corrected chi connectivity index (χ3v) is 4.92. The molecule has 0 radical (unpaired) electrons. The molecule has 29 heavy (non-hydrogen) atoms. The SMILES string of the molecule is C=CCCCCc1cccc(C(=O)NC[C@H](O)CNCc2cccc(CC)c2)c1. The Morgan fingerprint density at radius 2 is 1.83 bits per heavy atom. The Balaban J connectivity index is 1.71. The van der Waals surface area contributed by atoms with Gasteiger partial charge in [0.25, 0.3) is 5.91 Å². The summed E-state index contributed by atoms with van der Waals surface area (Å²) >= 11 is 0. The summed E-state index contributed by atoms with van der Waals surface area (Å²) in [7, 11) is 0. The second-order valence-corrected chi connectivity index (χ2v) is 7.40. The Kier molecular flexibility index (Phi) is 10.2. The van der Waals surface area contributed by atoms with Gasteiger partial charge in [-0.3, -0.25) is 4.79 Å². The number of amides is 1. The van der Waals surface area contributed by atoms with Crippen molar-refractivity contribution in [1.82, 2.24) is 10.6 Å². The topological polar surface area (TPSA) is 61.4 Å². The zero-order chi connectivity index (χ0) is 20.9. The van der Waals surface area contributed by atoms with Gasteiger partial charge in [-0.1, -0.05) is 49.4 Å². The molecule has 2 rings (SSSR count). The predicted molar refractivity (Wildman–Crippen MR) is 120 cm³/mol. The van der Waals surface area contributed by atoms with Gasteiger partial charge in [-0.25, -0.2) is 0 Å². The molecule has 4 heteroatoms. The molecule has 4 nitrogen and oxygen atoms in total. The third-order valence-electron chi connectivity index (χ3n) is 4.92. The predicted octanol–water partition coefficient (Wildman–Crippen LogP) is 4.03. The summed E-state index contributed by atoms with van der Waals surface area (Å²) < 4.78 is 0. The number of allylic oxidation sites excluding steroid dienone is 1. The maximum atomic E-state index is 12.4. The van der Waals surface area contributed by atoms with E-state index < -0.39 is 6.10 Å². The van der Waals surface area contributed by atoms with E-state index in [1.54, 1.807) is 0 Å². The fraction of sp³-hybridized carbons (Fsp3) is 0.400. The van der Waals surface area contributed by atoms with E-state index in [0.717, 1.165) is 32.1 Å². The average Bonchev–Trinajstić information content (AvgIpc) is 2.75. The van der Waals surface area contributed by atoms with Gasteiger partial charge in [0.1, 0.15) is 0 Å². The third kappa shape index (κ3) is 8.63. The zero-order valence-corrected chi connectivity index (χ0v) is 17.5. The van der Waals surface area contributed by atoms with Gasteiger partial charge in [0.05, 0.1) is 6.10 Å². The van der Waals surface area contributed by atoms with Crippen LogP contribution in [0.1, 0.15) is 53.2 Å². The molecule has 0 aromatic heterocycles. The average molecular weight is 395 g/mol. The van der Waals surface area contributed by atoms with Gasteiger partial charge < -0.3 is 15.7 Å². The van der Waals surface area contributed by atoms with Crippen molar-refractivity contribution in [3.8, 4) is 0 Å². The van der Waals surface area contributed by atoms with Crippen LogP contribution < -0.4 is 10.6 Å². The number of carbonyl (C=O) groups excluding carboxylic acids is 1. The Labute approximate surface area is 175 Å². The van der Waals surface area contributed by atoms with E-state index in [9.17, 15) is 9.90 Å². The summed E-state index contributed by atoms with van der Waals surface area (Å²) in [6, 6.07) is 16.1. The van der Waals surface area contributed by atoms with Crippen molar-refractivity contribution in [2.45, 2.75) is 51.7 Å². The lowest BCUT2D eigenvalue weighted by molar-refractivity contribution is 0.0915. The van der Waals surface area contributed by atoms with Crippen LogP contribution in [0.4, 0.5) is 0 Å². The van der Waals surface area contributed by atoms with Crippen LogP contribution >= 0.6 is 0 Å². The lowest BCUT2D eigenvalue weighted by atomic mass is 10.0. The second-order valence-electron chi connectivity index (χ2n) is 7.40. The molecule has 2 aromatic rings. The van der Waals surface area contributed by atoms with Crippen LogP contribution in [-0.2, 0) is 19.4 Å². The maximum Gasteiger partial charge on any atom is 0.251 e. The van der Waals surface area contributed by atoms with Gasteiger partial charge in [0, 0.05) is 25.2 Å². The minimum atomic E-state index is -0.629. The van der Waals surface area contributed by atoms with E-state index in [1.807, 2.05) is 24.3 Å². The first-order chi connectivity index (χ1) is 14.1. The van der Waals surface area contributed by atoms with Crippen LogP contribution in [-0.4, -0.2) is 30.2 Å². The Bertz CT molecular complexity index is 773. The minimum absolute atomic E-state index is 0.146. The van der Waals surface area contributed by atoms with Gasteiger partial charge in [0.15, 0.2) is 0 Å². The van der Waals surface area contributed by atoms with E-state index in [4.69, 9.17) is 0 Å². The molecule has 0 unspecified atom stereocenters. The quantitative estimate of drug-likeness (QED) is 0.355. The molecule has 0 fully saturated rings. The summed E-state index contributed by atoms with van der Waals surface area (Å²) in [5, 5.41) is 16.2. The minimum Gasteiger partial charge on any atom is -0.390 e. The van der Waals surface area contributed by atoms with Crippen LogP contribution in [0.5, 0.6) is 0 Å². The molecule has 0 heterocycles. The van der Waals surface area contributed by atoms with Crippen molar-refractivity contribution >= 4 is 5.91 Å². The fourth-order valence-electron chi connectivity index (χ4n) is 3.21. The summed E-state index contributed by atoms with van der Waals surface area (Å²) in [6.45, 7) is 7.23. The van der Waals surface area contributed by atoms with E-state index >= 15 is 0 Å². The van der Waals surface area contributed by atoms with E-state index in [-0.39, 0.29) is 12.5 Å². The first-order valence-electron chi connectivity index (χ1n) is 10.6. The van der Waals surface area contributed by atoms with Crippen LogP contribution in [0.2, 0.25) is 0 Å². The van der Waals surface area contributed by atoms with Crippen LogP contribution in [0, 0.1) is 0 Å². The molecule has 3 N–H and O–H groups in total. The van der Waals surface area contributed by atoms with Crippen molar-refractivity contribution in [2.75, 3.05) is 13.1 Å². The smallest absolute Gasteiger partial charge is 0.251 e. The number of aliphatic hydroxyl groups excluding tert-OH is 1. The molecule has 1 amide bonds. The first-order valence-corrected chi connectivity index (χ1v) is 10.6. The zero-order valence-electron chi connectivity index (χ0n) is 17.5. The molecule has 0 saturated carbocycles. The number of rotatable bonds is 13. The molecule has 0 saturated heterocycles. The van der Waals surface area contributed by atoms with Gasteiger partial charge in [0.2, 0.25) is 0 Å². The lowest BCUT2D eigenvalue weighted by Crippen LogP contribution is -2.38. The maximum absolute atomic E-state index is 12.4. The highest BCUT2D eigenvalue weighted by molar-refractivity contribution is 5.94. The van der Waals surface area contributed by atoms with E-state index in [0.29, 0.717) is 18.7 Å². The molecular formula is C25H34N2O2. The molecule has 0 aliphatic carbocycles. The molecule has 2 aromatic carbocycles. The molecule has 1 atom stereocenters. The molecule has 0 spiro atoms. The molecule has 0 aliphatic rings.